The summed E-state index contributed by atoms with van der Waals surface area (Å²) >= 11 is 0. The van der Waals surface area contributed by atoms with E-state index in [-0.39, 0.29) is 32.6 Å². The first-order valence-corrected chi connectivity index (χ1v) is 17.3. The third-order valence-electron chi connectivity index (χ3n) is 5.95. The number of carbonyl (C=O) groups excluding carboxylic acids is 2. The predicted octanol–water partition coefficient (Wildman–Crippen LogP) is 7.82. The van der Waals surface area contributed by atoms with Crippen LogP contribution in [0.3, 0.4) is 0 Å². The molecule has 0 radical (unpaired) electrons. The number of ether oxygens (including phenoxy) is 2. The molecule has 0 aliphatic rings. The van der Waals surface area contributed by atoms with Gasteiger partial charge in [-0.2, -0.15) is 0 Å². The molecule has 0 aliphatic heterocycles. The minimum Gasteiger partial charge on any atom is -0.462 e. The van der Waals surface area contributed by atoms with E-state index in [0.29, 0.717) is 6.42 Å². The van der Waals surface area contributed by atoms with Crippen LogP contribution in [0.15, 0.2) is 60.8 Å². The van der Waals surface area contributed by atoms with Gasteiger partial charge in [0, 0.05) is 13.0 Å². The zero-order valence-corrected chi connectivity index (χ0v) is 27.3. The molecule has 0 aliphatic carbocycles. The summed E-state index contributed by atoms with van der Waals surface area (Å²) in [6, 6.07) is 0. The quantitative estimate of drug-likeness (QED) is 0.0386. The van der Waals surface area contributed by atoms with Crippen LogP contribution in [0, 0.1) is 0 Å². The van der Waals surface area contributed by atoms with Gasteiger partial charge in [-0.25, -0.2) is 4.57 Å². The Morgan fingerprint density at radius 2 is 1.26 bits per heavy atom. The number of phosphoric acid groups is 1. The highest BCUT2D eigenvalue weighted by Gasteiger charge is 2.25. The van der Waals surface area contributed by atoms with Crippen molar-refractivity contribution in [2.75, 3.05) is 26.4 Å². The molecule has 0 saturated heterocycles. The first kappa shape index (κ1) is 40.7. The first-order chi connectivity index (χ1) is 20.8. The Morgan fingerprint density at radius 1 is 0.721 bits per heavy atom. The van der Waals surface area contributed by atoms with E-state index in [9.17, 15) is 19.0 Å². The van der Waals surface area contributed by atoms with Crippen LogP contribution in [0.1, 0.15) is 104 Å². The SMILES string of the molecule is CC/C=C\C/C=C\C/C=C\C/C=C\C/C=C\CC(=O)OC(COC(=O)CCCCCCCCC)COP(=O)(O)OCCN. The van der Waals surface area contributed by atoms with Crippen LogP contribution in [0.2, 0.25) is 0 Å². The summed E-state index contributed by atoms with van der Waals surface area (Å²) in [6.07, 6.45) is 31.6. The van der Waals surface area contributed by atoms with Gasteiger partial charge in [0.1, 0.15) is 6.61 Å². The maximum atomic E-state index is 12.4. The lowest BCUT2D eigenvalue weighted by atomic mass is 10.1. The van der Waals surface area contributed by atoms with Crippen LogP contribution in [0.4, 0.5) is 0 Å². The molecule has 0 aromatic heterocycles. The molecule has 0 heterocycles. The van der Waals surface area contributed by atoms with Crippen molar-refractivity contribution in [3.05, 3.63) is 60.8 Å². The number of allylic oxidation sites excluding steroid dienone is 9. The highest BCUT2D eigenvalue weighted by molar-refractivity contribution is 7.47. The number of phosphoric ester groups is 1. The summed E-state index contributed by atoms with van der Waals surface area (Å²) < 4.78 is 32.2. The fourth-order valence-electron chi connectivity index (χ4n) is 3.65. The monoisotopic (exact) mass is 625 g/mol. The molecule has 0 spiro atoms. The number of rotatable bonds is 28. The first-order valence-electron chi connectivity index (χ1n) is 15.8. The Morgan fingerprint density at radius 3 is 1.81 bits per heavy atom. The second kappa shape index (κ2) is 29.8. The Bertz CT molecular complexity index is 897. The Balaban J connectivity index is 4.50. The van der Waals surface area contributed by atoms with Crippen LogP contribution in [-0.4, -0.2) is 49.3 Å². The molecule has 9 nitrogen and oxygen atoms in total. The Kier molecular flexibility index (Phi) is 28.2. The van der Waals surface area contributed by atoms with E-state index in [4.69, 9.17) is 24.3 Å². The second-order valence-corrected chi connectivity index (χ2v) is 11.4. The summed E-state index contributed by atoms with van der Waals surface area (Å²) in [4.78, 5) is 34.3. The smallest absolute Gasteiger partial charge is 0.462 e. The normalized spacial score (nSPS) is 14.4. The van der Waals surface area contributed by atoms with E-state index in [2.05, 4.69) is 56.4 Å². The van der Waals surface area contributed by atoms with Gasteiger partial charge in [0.25, 0.3) is 0 Å². The Hall–Kier alpha value is -2.29. The van der Waals surface area contributed by atoms with E-state index in [1.165, 1.54) is 19.3 Å². The summed E-state index contributed by atoms with van der Waals surface area (Å²) in [6.45, 7) is 3.40. The van der Waals surface area contributed by atoms with Crippen LogP contribution >= 0.6 is 7.82 Å². The average Bonchev–Trinajstić information content (AvgIpc) is 2.99. The van der Waals surface area contributed by atoms with Gasteiger partial charge in [0.2, 0.25) is 0 Å². The molecular weight excluding hydrogens is 569 g/mol. The summed E-state index contributed by atoms with van der Waals surface area (Å²) in [5.41, 5.74) is 5.29. The number of nitrogens with two attached hydrogens (primary N) is 1. The highest BCUT2D eigenvalue weighted by Crippen LogP contribution is 2.43. The molecule has 2 atom stereocenters. The Labute approximate surface area is 259 Å². The molecule has 0 aromatic rings. The molecule has 0 saturated carbocycles. The molecule has 0 rings (SSSR count). The van der Waals surface area contributed by atoms with Crippen molar-refractivity contribution in [2.45, 2.75) is 110 Å². The van der Waals surface area contributed by atoms with Crippen molar-refractivity contribution >= 4 is 19.8 Å². The fraction of sp³-hybridized carbons (Fsp3) is 0.636. The fourth-order valence-corrected chi connectivity index (χ4v) is 4.41. The van der Waals surface area contributed by atoms with E-state index >= 15 is 0 Å². The van der Waals surface area contributed by atoms with Gasteiger partial charge in [-0.3, -0.25) is 18.6 Å². The van der Waals surface area contributed by atoms with Crippen molar-refractivity contribution in [3.8, 4) is 0 Å². The standard InChI is InChI=1S/C33H56NO8P/c1-3-5-7-9-11-12-13-14-15-16-17-18-20-22-24-26-33(36)42-31(30-41-43(37,38)40-28-27-34)29-39-32(35)25-23-21-19-10-8-6-4-2/h5,7,11-12,14-15,17-18,22,24,31H,3-4,6,8-10,13,16,19-21,23,25-30,34H2,1-2H3,(H,37,38)/b7-5-,12-11-,15-14-,18-17-,24-22-. The molecule has 0 fully saturated rings. The van der Waals surface area contributed by atoms with Crippen molar-refractivity contribution in [3.63, 3.8) is 0 Å². The second-order valence-electron chi connectivity index (χ2n) is 9.96. The van der Waals surface area contributed by atoms with Crippen LogP contribution in [0.25, 0.3) is 0 Å². The molecule has 10 heteroatoms. The zero-order valence-electron chi connectivity index (χ0n) is 26.4. The number of hydrogen-bond acceptors (Lipinski definition) is 8. The summed E-state index contributed by atoms with van der Waals surface area (Å²) in [5.74, 6) is -0.993. The van der Waals surface area contributed by atoms with E-state index < -0.39 is 32.5 Å². The third kappa shape index (κ3) is 29.6. The largest absolute Gasteiger partial charge is 0.472 e. The lowest BCUT2D eigenvalue weighted by Crippen LogP contribution is -2.29. The van der Waals surface area contributed by atoms with Crippen LogP contribution < -0.4 is 5.73 Å². The molecular formula is C33H56NO8P. The van der Waals surface area contributed by atoms with Gasteiger partial charge >= 0.3 is 19.8 Å². The maximum absolute atomic E-state index is 12.4. The molecule has 0 aromatic carbocycles. The van der Waals surface area contributed by atoms with Crippen LogP contribution in [-0.2, 0) is 32.7 Å². The number of esters is 2. The van der Waals surface area contributed by atoms with E-state index in [1.54, 1.807) is 6.08 Å². The minimum absolute atomic E-state index is 0.00351. The topological polar surface area (TPSA) is 134 Å². The van der Waals surface area contributed by atoms with Gasteiger partial charge in [-0.15, -0.1) is 0 Å². The highest BCUT2D eigenvalue weighted by atomic mass is 31.2. The number of hydrogen-bond donors (Lipinski definition) is 2. The lowest BCUT2D eigenvalue weighted by Gasteiger charge is -2.19. The van der Waals surface area contributed by atoms with Crippen molar-refractivity contribution in [1.82, 2.24) is 0 Å². The van der Waals surface area contributed by atoms with Gasteiger partial charge in [0.05, 0.1) is 19.6 Å². The third-order valence-corrected chi connectivity index (χ3v) is 6.94. The average molecular weight is 626 g/mol. The van der Waals surface area contributed by atoms with E-state index in [1.807, 2.05) is 12.2 Å². The number of carbonyl (C=O) groups is 2. The lowest BCUT2D eigenvalue weighted by molar-refractivity contribution is -0.160. The predicted molar refractivity (Wildman–Crippen MR) is 173 cm³/mol. The molecule has 43 heavy (non-hydrogen) atoms. The zero-order chi connectivity index (χ0) is 31.9. The van der Waals surface area contributed by atoms with Crippen LogP contribution in [0.5, 0.6) is 0 Å². The summed E-state index contributed by atoms with van der Waals surface area (Å²) in [7, 11) is -4.38. The van der Waals surface area contributed by atoms with Gasteiger partial charge < -0.3 is 20.1 Å². The van der Waals surface area contributed by atoms with Gasteiger partial charge in [0.15, 0.2) is 6.10 Å². The van der Waals surface area contributed by atoms with E-state index in [0.717, 1.165) is 51.4 Å². The molecule has 0 amide bonds. The molecule has 0 bridgehead atoms. The van der Waals surface area contributed by atoms with Gasteiger partial charge in [-0.05, 0) is 38.5 Å². The van der Waals surface area contributed by atoms with Crippen molar-refractivity contribution in [1.29, 1.82) is 0 Å². The summed E-state index contributed by atoms with van der Waals surface area (Å²) in [5, 5.41) is 0. The molecule has 2 unspecified atom stereocenters. The van der Waals surface area contributed by atoms with Crippen molar-refractivity contribution in [2.24, 2.45) is 5.73 Å². The van der Waals surface area contributed by atoms with Crippen molar-refractivity contribution < 1.29 is 37.6 Å². The minimum atomic E-state index is -4.38. The maximum Gasteiger partial charge on any atom is 0.472 e. The molecule has 3 N–H and O–H groups in total. The van der Waals surface area contributed by atoms with Gasteiger partial charge in [-0.1, -0.05) is 113 Å². The number of unbranched alkanes of at least 4 members (excludes halogenated alkanes) is 6. The molecule has 246 valence electrons.